The third-order valence-corrected chi connectivity index (χ3v) is 2.54. The van der Waals surface area contributed by atoms with Gasteiger partial charge in [-0.3, -0.25) is 4.79 Å². The van der Waals surface area contributed by atoms with Crippen molar-refractivity contribution in [1.29, 1.82) is 0 Å². The first-order chi connectivity index (χ1) is 10.7. The Balaban J connectivity index is 2.51. The molecule has 2 N–H and O–H groups in total. The minimum absolute atomic E-state index is 0.0937. The fourth-order valence-corrected chi connectivity index (χ4v) is 1.66. The van der Waals surface area contributed by atoms with Crippen LogP contribution in [0, 0.1) is 17.7 Å². The summed E-state index contributed by atoms with van der Waals surface area (Å²) in [4.78, 5) is 22.0. The third-order valence-electron chi connectivity index (χ3n) is 2.54. The standard InChI is InChI=1S/C17H20FNO4/c1-17(2,3)23-16(22)19-9-5-4-6-12-7-8-14(18)13(10-12)11-15(20)21/h7-8,10H,5,9,11H2,1-3H3,(H,19,22)(H,20,21). The van der Waals surface area contributed by atoms with Crippen molar-refractivity contribution in [2.75, 3.05) is 6.54 Å². The summed E-state index contributed by atoms with van der Waals surface area (Å²) in [5.41, 5.74) is 0.0702. The van der Waals surface area contributed by atoms with Crippen LogP contribution < -0.4 is 5.32 Å². The zero-order valence-corrected chi connectivity index (χ0v) is 13.4. The molecule has 1 aromatic rings. The number of ether oxygens (including phenoxy) is 1. The Labute approximate surface area is 134 Å². The lowest BCUT2D eigenvalue weighted by Gasteiger charge is -2.19. The number of carboxylic acids is 1. The first-order valence-electron chi connectivity index (χ1n) is 7.13. The number of hydrogen-bond donors (Lipinski definition) is 2. The number of aliphatic carboxylic acids is 1. The second kappa shape index (κ2) is 8.18. The zero-order valence-electron chi connectivity index (χ0n) is 13.4. The quantitative estimate of drug-likeness (QED) is 0.660. The molecular weight excluding hydrogens is 301 g/mol. The number of halogens is 1. The van der Waals surface area contributed by atoms with E-state index in [0.717, 1.165) is 0 Å². The van der Waals surface area contributed by atoms with E-state index in [1.165, 1.54) is 18.2 Å². The normalized spacial score (nSPS) is 10.4. The maximum absolute atomic E-state index is 13.4. The Hall–Kier alpha value is -2.55. The van der Waals surface area contributed by atoms with Gasteiger partial charge < -0.3 is 15.2 Å². The molecular formula is C17H20FNO4. The van der Waals surface area contributed by atoms with Gasteiger partial charge in [-0.25, -0.2) is 9.18 Å². The van der Waals surface area contributed by atoms with E-state index >= 15 is 0 Å². The second-order valence-electron chi connectivity index (χ2n) is 5.86. The van der Waals surface area contributed by atoms with Crippen molar-refractivity contribution in [3.8, 4) is 11.8 Å². The highest BCUT2D eigenvalue weighted by Gasteiger charge is 2.15. The molecule has 0 radical (unpaired) electrons. The minimum atomic E-state index is -1.10. The lowest BCUT2D eigenvalue weighted by molar-refractivity contribution is -0.136. The number of amides is 1. The molecule has 0 bridgehead atoms. The number of carbonyl (C=O) groups is 2. The minimum Gasteiger partial charge on any atom is -0.481 e. The van der Waals surface area contributed by atoms with Crippen LogP contribution >= 0.6 is 0 Å². The van der Waals surface area contributed by atoms with Gasteiger partial charge in [-0.15, -0.1) is 0 Å². The van der Waals surface area contributed by atoms with E-state index in [1.54, 1.807) is 20.8 Å². The number of hydrogen-bond acceptors (Lipinski definition) is 3. The fourth-order valence-electron chi connectivity index (χ4n) is 1.66. The Morgan fingerprint density at radius 2 is 2.04 bits per heavy atom. The van der Waals surface area contributed by atoms with Crippen LogP contribution in [0.5, 0.6) is 0 Å². The van der Waals surface area contributed by atoms with Gasteiger partial charge in [0, 0.05) is 24.1 Å². The lowest BCUT2D eigenvalue weighted by Crippen LogP contribution is -2.32. The van der Waals surface area contributed by atoms with Crippen LogP contribution in [-0.2, 0) is 16.0 Å². The predicted octanol–water partition coefficient (Wildman–Crippen LogP) is 2.72. The van der Waals surface area contributed by atoms with E-state index in [4.69, 9.17) is 9.84 Å². The summed E-state index contributed by atoms with van der Waals surface area (Å²) in [7, 11) is 0. The summed E-state index contributed by atoms with van der Waals surface area (Å²) in [6.07, 6.45) is -0.503. The van der Waals surface area contributed by atoms with Crippen molar-refractivity contribution < 1.29 is 23.8 Å². The summed E-state index contributed by atoms with van der Waals surface area (Å²) in [5, 5.41) is 11.3. The lowest BCUT2D eigenvalue weighted by atomic mass is 10.1. The number of rotatable bonds is 4. The van der Waals surface area contributed by atoms with Gasteiger partial charge in [0.25, 0.3) is 0 Å². The molecule has 0 saturated heterocycles. The highest BCUT2D eigenvalue weighted by atomic mass is 19.1. The van der Waals surface area contributed by atoms with Crippen molar-refractivity contribution in [1.82, 2.24) is 5.32 Å². The van der Waals surface area contributed by atoms with Gasteiger partial charge in [0.05, 0.1) is 6.42 Å². The first kappa shape index (κ1) is 18.5. The van der Waals surface area contributed by atoms with Crippen LogP contribution in [0.1, 0.15) is 38.3 Å². The number of alkyl carbamates (subject to hydrolysis) is 1. The van der Waals surface area contributed by atoms with Crippen LogP contribution in [-0.4, -0.2) is 29.3 Å². The summed E-state index contributed by atoms with van der Waals surface area (Å²) in [5.74, 6) is 3.97. The van der Waals surface area contributed by atoms with E-state index in [1.807, 2.05) is 0 Å². The number of carboxylic acid groups (broad SMARTS) is 1. The molecule has 1 rings (SSSR count). The van der Waals surface area contributed by atoms with Crippen LogP contribution in [0.15, 0.2) is 18.2 Å². The predicted molar refractivity (Wildman–Crippen MR) is 83.5 cm³/mol. The molecule has 0 spiro atoms. The molecule has 0 aliphatic heterocycles. The zero-order chi connectivity index (χ0) is 17.5. The largest absolute Gasteiger partial charge is 0.481 e. The molecule has 0 unspecified atom stereocenters. The molecule has 0 heterocycles. The Morgan fingerprint density at radius 1 is 1.35 bits per heavy atom. The van der Waals surface area contributed by atoms with Crippen LogP contribution in [0.4, 0.5) is 9.18 Å². The number of benzene rings is 1. The molecule has 23 heavy (non-hydrogen) atoms. The smallest absolute Gasteiger partial charge is 0.407 e. The van der Waals surface area contributed by atoms with Crippen molar-refractivity contribution in [3.63, 3.8) is 0 Å². The first-order valence-corrected chi connectivity index (χ1v) is 7.13. The summed E-state index contributed by atoms with van der Waals surface area (Å²) in [6, 6.07) is 4.09. The van der Waals surface area contributed by atoms with Crippen molar-refractivity contribution in [3.05, 3.63) is 35.1 Å². The van der Waals surface area contributed by atoms with E-state index in [0.29, 0.717) is 18.5 Å². The molecule has 0 saturated carbocycles. The number of nitrogens with one attached hydrogen (secondary N) is 1. The Kier molecular flexibility index (Phi) is 6.58. The molecule has 124 valence electrons. The van der Waals surface area contributed by atoms with Crippen LogP contribution in [0.3, 0.4) is 0 Å². The Bertz CT molecular complexity index is 638. The molecule has 1 amide bonds. The molecule has 0 atom stereocenters. The molecule has 0 aliphatic rings. The SMILES string of the molecule is CC(C)(C)OC(=O)NCCC#Cc1ccc(F)c(CC(=O)O)c1. The van der Waals surface area contributed by atoms with Gasteiger partial charge in [-0.2, -0.15) is 0 Å². The molecule has 0 fully saturated rings. The van der Waals surface area contributed by atoms with Gasteiger partial charge in [-0.1, -0.05) is 11.8 Å². The van der Waals surface area contributed by atoms with Crippen LogP contribution in [0.2, 0.25) is 0 Å². The highest BCUT2D eigenvalue weighted by molar-refractivity contribution is 5.70. The average Bonchev–Trinajstić information content (AvgIpc) is 2.39. The molecule has 0 aliphatic carbocycles. The van der Waals surface area contributed by atoms with E-state index in [2.05, 4.69) is 17.2 Å². The molecule has 5 nitrogen and oxygen atoms in total. The second-order valence-corrected chi connectivity index (χ2v) is 5.86. The van der Waals surface area contributed by atoms with Gasteiger partial charge in [-0.05, 0) is 39.0 Å². The molecule has 6 heteroatoms. The van der Waals surface area contributed by atoms with Gasteiger partial charge in [0.15, 0.2) is 0 Å². The van der Waals surface area contributed by atoms with Crippen LogP contribution in [0.25, 0.3) is 0 Å². The third kappa shape index (κ3) is 7.86. The summed E-state index contributed by atoms with van der Waals surface area (Å²) >= 11 is 0. The molecule has 1 aromatic carbocycles. The number of carbonyl (C=O) groups excluding carboxylic acids is 1. The summed E-state index contributed by atoms with van der Waals surface area (Å²) in [6.45, 7) is 5.64. The van der Waals surface area contributed by atoms with Crippen molar-refractivity contribution in [2.45, 2.75) is 39.2 Å². The van der Waals surface area contributed by atoms with Crippen molar-refractivity contribution in [2.24, 2.45) is 0 Å². The fraction of sp³-hybridized carbons (Fsp3) is 0.412. The van der Waals surface area contributed by atoms with E-state index in [-0.39, 0.29) is 12.0 Å². The Morgan fingerprint density at radius 3 is 2.65 bits per heavy atom. The van der Waals surface area contributed by atoms with E-state index in [9.17, 15) is 14.0 Å². The van der Waals surface area contributed by atoms with Crippen molar-refractivity contribution >= 4 is 12.1 Å². The van der Waals surface area contributed by atoms with E-state index < -0.39 is 23.5 Å². The van der Waals surface area contributed by atoms with Gasteiger partial charge >= 0.3 is 12.1 Å². The maximum atomic E-state index is 13.4. The highest BCUT2D eigenvalue weighted by Crippen LogP contribution is 2.11. The molecule has 0 aromatic heterocycles. The van der Waals surface area contributed by atoms with Gasteiger partial charge in [0.1, 0.15) is 11.4 Å². The monoisotopic (exact) mass is 321 g/mol. The maximum Gasteiger partial charge on any atom is 0.407 e. The topological polar surface area (TPSA) is 75.6 Å². The average molecular weight is 321 g/mol. The summed E-state index contributed by atoms with van der Waals surface area (Å²) < 4.78 is 18.5. The van der Waals surface area contributed by atoms with Gasteiger partial charge in [0.2, 0.25) is 0 Å².